The average Bonchev–Trinajstić information content (AvgIpc) is 2.36. The van der Waals surface area contributed by atoms with Crippen LogP contribution in [0.5, 0.6) is 11.5 Å². The second-order valence-electron chi connectivity index (χ2n) is 3.84. The number of rotatable bonds is 3. The fourth-order valence-electron chi connectivity index (χ4n) is 1.49. The summed E-state index contributed by atoms with van der Waals surface area (Å²) in [4.78, 5) is 11.8. The summed E-state index contributed by atoms with van der Waals surface area (Å²) in [6, 6.07) is 6.51. The van der Waals surface area contributed by atoms with Crippen molar-refractivity contribution < 1.29 is 9.15 Å². The predicted molar refractivity (Wildman–Crippen MR) is 79.3 cm³/mol. The van der Waals surface area contributed by atoms with E-state index in [0.29, 0.717) is 16.5 Å². The number of halogens is 1. The van der Waals surface area contributed by atoms with Crippen LogP contribution in [0.25, 0.3) is 6.08 Å². The van der Waals surface area contributed by atoms with Gasteiger partial charge in [-0.3, -0.25) is 4.79 Å². The zero-order valence-electron chi connectivity index (χ0n) is 10.1. The van der Waals surface area contributed by atoms with Crippen LogP contribution in [0, 0.1) is 6.92 Å². The molecule has 0 saturated heterocycles. The van der Waals surface area contributed by atoms with Crippen molar-refractivity contribution in [3.63, 3.8) is 0 Å². The Morgan fingerprint density at radius 2 is 2.11 bits per heavy atom. The molecule has 3 nitrogen and oxygen atoms in total. The van der Waals surface area contributed by atoms with Gasteiger partial charge in [-0.05, 0) is 42.2 Å². The molecule has 2 rings (SSSR count). The number of benzene rings is 1. The minimum atomic E-state index is -0.262. The molecule has 0 atom stereocenters. The third-order valence-corrected chi connectivity index (χ3v) is 2.80. The highest BCUT2D eigenvalue weighted by molar-refractivity contribution is 7.83. The van der Waals surface area contributed by atoms with Crippen molar-refractivity contribution in [1.82, 2.24) is 0 Å². The van der Waals surface area contributed by atoms with E-state index >= 15 is 0 Å². The molecule has 1 aromatic heterocycles. The monoisotopic (exact) mass is 294 g/mol. The molecule has 0 amide bonds. The lowest BCUT2D eigenvalue weighted by Crippen LogP contribution is -2.03. The summed E-state index contributed by atoms with van der Waals surface area (Å²) in [5, 5.41) is 2.11. The molecule has 0 radical (unpaired) electrons. The van der Waals surface area contributed by atoms with Gasteiger partial charge in [0.25, 0.3) is 0 Å². The molecular formula is C14H11ClO3S. The van der Waals surface area contributed by atoms with Crippen LogP contribution in [0.4, 0.5) is 0 Å². The van der Waals surface area contributed by atoms with Crippen LogP contribution in [-0.4, -0.2) is 0 Å². The number of ether oxygens (including phenoxy) is 1. The normalized spacial score (nSPS) is 10.9. The molecule has 0 saturated carbocycles. The molecule has 0 fully saturated rings. The van der Waals surface area contributed by atoms with Gasteiger partial charge in [0.2, 0.25) is 11.2 Å². The van der Waals surface area contributed by atoms with Crippen LogP contribution in [0.1, 0.15) is 11.3 Å². The SMILES string of the molecule is Cc1cc(Cl)ccc1Oc1coc(/C=C/S)cc1=O. The van der Waals surface area contributed by atoms with Crippen LogP contribution >= 0.6 is 24.2 Å². The lowest BCUT2D eigenvalue weighted by atomic mass is 10.2. The van der Waals surface area contributed by atoms with E-state index in [4.69, 9.17) is 20.8 Å². The molecule has 2 aromatic rings. The average molecular weight is 295 g/mol. The van der Waals surface area contributed by atoms with E-state index < -0.39 is 0 Å². The Labute approximate surface area is 120 Å². The van der Waals surface area contributed by atoms with E-state index in [1.54, 1.807) is 24.3 Å². The number of hydrogen-bond donors (Lipinski definition) is 1. The maximum atomic E-state index is 11.8. The van der Waals surface area contributed by atoms with Crippen LogP contribution in [0.15, 0.2) is 45.1 Å². The third kappa shape index (κ3) is 3.43. The summed E-state index contributed by atoms with van der Waals surface area (Å²) in [5.41, 5.74) is 0.577. The lowest BCUT2D eigenvalue weighted by Gasteiger charge is -2.07. The maximum Gasteiger partial charge on any atom is 0.227 e. The van der Waals surface area contributed by atoms with Gasteiger partial charge in [-0.15, -0.1) is 0 Å². The third-order valence-electron chi connectivity index (χ3n) is 2.41. The van der Waals surface area contributed by atoms with E-state index in [9.17, 15) is 4.79 Å². The van der Waals surface area contributed by atoms with Gasteiger partial charge in [0.15, 0.2) is 0 Å². The van der Waals surface area contributed by atoms with Crippen molar-refractivity contribution in [3.8, 4) is 11.5 Å². The van der Waals surface area contributed by atoms with Gasteiger partial charge in [0.1, 0.15) is 17.8 Å². The maximum absolute atomic E-state index is 11.8. The first-order valence-electron chi connectivity index (χ1n) is 5.48. The van der Waals surface area contributed by atoms with Crippen molar-refractivity contribution in [2.24, 2.45) is 0 Å². The van der Waals surface area contributed by atoms with E-state index in [1.807, 2.05) is 6.92 Å². The smallest absolute Gasteiger partial charge is 0.227 e. The Hall–Kier alpha value is -1.65. The summed E-state index contributed by atoms with van der Waals surface area (Å²) in [6.07, 6.45) is 2.85. The van der Waals surface area contributed by atoms with Crippen molar-refractivity contribution in [2.75, 3.05) is 0 Å². The molecule has 0 N–H and O–H groups in total. The summed E-state index contributed by atoms with van der Waals surface area (Å²) in [7, 11) is 0. The summed E-state index contributed by atoms with van der Waals surface area (Å²) >= 11 is 9.76. The standard InChI is InChI=1S/C14H11ClO3S/c1-9-6-10(15)2-3-13(9)18-14-8-17-11(4-5-19)7-12(14)16/h2-8,19H,1H3/b5-4+. The van der Waals surface area contributed by atoms with Gasteiger partial charge in [-0.25, -0.2) is 0 Å². The van der Waals surface area contributed by atoms with Crippen molar-refractivity contribution >= 4 is 30.3 Å². The number of hydrogen-bond acceptors (Lipinski definition) is 4. The molecule has 0 aliphatic heterocycles. The molecule has 19 heavy (non-hydrogen) atoms. The van der Waals surface area contributed by atoms with Crippen molar-refractivity contribution in [3.05, 3.63) is 62.5 Å². The highest BCUT2D eigenvalue weighted by Crippen LogP contribution is 2.25. The topological polar surface area (TPSA) is 39.4 Å². The Kier molecular flexibility index (Phi) is 4.35. The quantitative estimate of drug-likeness (QED) is 0.858. The van der Waals surface area contributed by atoms with Crippen LogP contribution in [0.2, 0.25) is 5.02 Å². The second-order valence-corrected chi connectivity index (χ2v) is 4.57. The van der Waals surface area contributed by atoms with E-state index in [0.717, 1.165) is 5.56 Å². The van der Waals surface area contributed by atoms with Crippen LogP contribution in [0.3, 0.4) is 0 Å². The zero-order valence-corrected chi connectivity index (χ0v) is 11.7. The summed E-state index contributed by atoms with van der Waals surface area (Å²) < 4.78 is 10.7. The molecule has 1 heterocycles. The first-order valence-corrected chi connectivity index (χ1v) is 6.37. The predicted octanol–water partition coefficient (Wildman–Crippen LogP) is 4.29. The van der Waals surface area contributed by atoms with E-state index in [-0.39, 0.29) is 11.2 Å². The molecular weight excluding hydrogens is 284 g/mol. The molecule has 0 aliphatic carbocycles. The van der Waals surface area contributed by atoms with Crippen molar-refractivity contribution in [1.29, 1.82) is 0 Å². The van der Waals surface area contributed by atoms with Crippen molar-refractivity contribution in [2.45, 2.75) is 6.92 Å². The van der Waals surface area contributed by atoms with E-state index in [1.165, 1.54) is 17.7 Å². The Balaban J connectivity index is 2.31. The second kappa shape index (κ2) is 5.99. The first kappa shape index (κ1) is 13.8. The number of aryl methyl sites for hydroxylation is 1. The Bertz CT molecular complexity index is 677. The van der Waals surface area contributed by atoms with Gasteiger partial charge < -0.3 is 9.15 Å². The molecule has 0 spiro atoms. The highest BCUT2D eigenvalue weighted by atomic mass is 35.5. The minimum absolute atomic E-state index is 0.127. The zero-order chi connectivity index (χ0) is 13.8. The van der Waals surface area contributed by atoms with Crippen LogP contribution < -0.4 is 10.2 Å². The highest BCUT2D eigenvalue weighted by Gasteiger charge is 2.07. The largest absolute Gasteiger partial charge is 0.461 e. The Morgan fingerprint density at radius 1 is 1.32 bits per heavy atom. The molecule has 0 unspecified atom stereocenters. The minimum Gasteiger partial charge on any atom is -0.461 e. The Morgan fingerprint density at radius 3 is 2.74 bits per heavy atom. The van der Waals surface area contributed by atoms with Gasteiger partial charge in [-0.2, -0.15) is 12.6 Å². The lowest BCUT2D eigenvalue weighted by molar-refractivity contribution is 0.433. The molecule has 98 valence electrons. The van der Waals surface area contributed by atoms with E-state index in [2.05, 4.69) is 12.6 Å². The molecule has 1 aromatic carbocycles. The van der Waals surface area contributed by atoms with Gasteiger partial charge in [0.05, 0.1) is 0 Å². The van der Waals surface area contributed by atoms with Gasteiger partial charge in [0, 0.05) is 11.1 Å². The molecule has 0 bridgehead atoms. The number of thiol groups is 1. The molecule has 0 aliphatic rings. The fourth-order valence-corrected chi connectivity index (χ4v) is 1.87. The van der Waals surface area contributed by atoms with Gasteiger partial charge >= 0.3 is 0 Å². The summed E-state index contributed by atoms with van der Waals surface area (Å²) in [6.45, 7) is 1.85. The van der Waals surface area contributed by atoms with Crippen LogP contribution in [-0.2, 0) is 0 Å². The first-order chi connectivity index (χ1) is 9.10. The van der Waals surface area contributed by atoms with Gasteiger partial charge in [-0.1, -0.05) is 11.6 Å². The molecule has 5 heteroatoms. The fraction of sp³-hybridized carbons (Fsp3) is 0.0714. The summed E-state index contributed by atoms with van der Waals surface area (Å²) in [5.74, 6) is 1.11.